The highest BCUT2D eigenvalue weighted by Gasteiger charge is 1.97. The predicted octanol–water partition coefficient (Wildman–Crippen LogP) is 7.14. The summed E-state index contributed by atoms with van der Waals surface area (Å²) in [6.45, 7) is 20.8. The predicted molar refractivity (Wildman–Crippen MR) is 121 cm³/mol. The number of nitrogens with one attached hydrogen (secondary N) is 1. The normalized spacial score (nSPS) is 9.85. The molecule has 3 nitrogen and oxygen atoms in total. The van der Waals surface area contributed by atoms with E-state index in [0.29, 0.717) is 12.5 Å². The molecule has 26 heavy (non-hydrogen) atoms. The van der Waals surface area contributed by atoms with Gasteiger partial charge in [-0.05, 0) is 35.8 Å². The Kier molecular flexibility index (Phi) is 25.5. The Bertz CT molecular complexity index is 460. The fourth-order valence-electron chi connectivity index (χ4n) is 1.43. The van der Waals surface area contributed by atoms with E-state index in [1.807, 2.05) is 58.0 Å². The molecule has 150 valence electrons. The molecule has 1 aromatic carbocycles. The van der Waals surface area contributed by atoms with Crippen LogP contribution < -0.4 is 16.0 Å². The molecule has 0 radical (unpaired) electrons. The van der Waals surface area contributed by atoms with Crippen LogP contribution in [0.3, 0.4) is 0 Å². The van der Waals surface area contributed by atoms with Crippen LogP contribution in [0.25, 0.3) is 0 Å². The molecule has 0 saturated carbocycles. The van der Waals surface area contributed by atoms with Gasteiger partial charge in [0.2, 0.25) is 0 Å². The largest absolute Gasteiger partial charge is 0.489 e. The summed E-state index contributed by atoms with van der Waals surface area (Å²) in [5.41, 5.74) is 4.52. The maximum Gasteiger partial charge on any atom is 0.119 e. The van der Waals surface area contributed by atoms with Gasteiger partial charge in [0.05, 0.1) is 0 Å². The minimum Gasteiger partial charge on any atom is -0.489 e. The van der Waals surface area contributed by atoms with Gasteiger partial charge in [-0.3, -0.25) is 5.84 Å². The van der Waals surface area contributed by atoms with E-state index in [2.05, 4.69) is 51.9 Å². The summed E-state index contributed by atoms with van der Waals surface area (Å²) in [6, 6.07) is 7.51. The molecule has 1 rings (SSSR count). The van der Waals surface area contributed by atoms with Crippen molar-refractivity contribution in [2.75, 3.05) is 12.0 Å². The van der Waals surface area contributed by atoms with Crippen LogP contribution in [0, 0.1) is 5.92 Å². The van der Waals surface area contributed by atoms with Gasteiger partial charge < -0.3 is 10.2 Å². The third-order valence-corrected chi connectivity index (χ3v) is 2.45. The van der Waals surface area contributed by atoms with Crippen molar-refractivity contribution in [3.05, 3.63) is 60.7 Å². The van der Waals surface area contributed by atoms with Gasteiger partial charge in [0.15, 0.2) is 0 Å². The molecule has 0 aliphatic rings. The molecule has 0 atom stereocenters. The molecule has 0 aliphatic carbocycles. The molecule has 0 amide bonds. The molecule has 3 heteroatoms. The lowest BCUT2D eigenvalue weighted by molar-refractivity contribution is 0.355. The molecule has 0 bridgehead atoms. The number of rotatable bonds is 7. The number of allylic oxidation sites excluding steroid dienone is 3. The summed E-state index contributed by atoms with van der Waals surface area (Å²) < 4.78 is 5.72. The number of nitrogen functional groups attached to an aromatic ring is 1. The second kappa shape index (κ2) is 23.0. The van der Waals surface area contributed by atoms with Gasteiger partial charge >= 0.3 is 0 Å². The first kappa shape index (κ1) is 28.8. The van der Waals surface area contributed by atoms with Crippen molar-refractivity contribution < 1.29 is 4.74 Å². The maximum absolute atomic E-state index is 5.72. The molecule has 1 aromatic rings. The summed E-state index contributed by atoms with van der Waals surface area (Å²) in [5.74, 6) is 6.64. The third-order valence-electron chi connectivity index (χ3n) is 2.45. The van der Waals surface area contributed by atoms with Gasteiger partial charge in [0.25, 0.3) is 0 Å². The zero-order valence-electron chi connectivity index (χ0n) is 18.3. The summed E-state index contributed by atoms with van der Waals surface area (Å²) in [5, 5.41) is 0. The van der Waals surface area contributed by atoms with Crippen LogP contribution in [0.5, 0.6) is 5.75 Å². The Morgan fingerprint density at radius 2 is 1.62 bits per heavy atom. The Morgan fingerprint density at radius 3 is 2.00 bits per heavy atom. The number of nitrogens with two attached hydrogens (primary N) is 1. The van der Waals surface area contributed by atoms with E-state index in [4.69, 9.17) is 10.6 Å². The monoisotopic (exact) mass is 362 g/mol. The molecule has 0 heterocycles. The van der Waals surface area contributed by atoms with Crippen molar-refractivity contribution in [3.63, 3.8) is 0 Å². The Hall–Kier alpha value is -2.00. The SMILES string of the molecule is C=C/C=C(\C=C/C(C)C)COc1ccc(NN)cc1.CC.CC.CCC. The number of benzene rings is 1. The van der Waals surface area contributed by atoms with E-state index in [9.17, 15) is 0 Å². The Morgan fingerprint density at radius 1 is 1.12 bits per heavy atom. The highest BCUT2D eigenvalue weighted by molar-refractivity contribution is 5.45. The van der Waals surface area contributed by atoms with E-state index >= 15 is 0 Å². The van der Waals surface area contributed by atoms with Crippen LogP contribution in [0.1, 0.15) is 61.8 Å². The lowest BCUT2D eigenvalue weighted by atomic mass is 10.1. The van der Waals surface area contributed by atoms with Crippen LogP contribution in [-0.2, 0) is 0 Å². The Labute approximate surface area is 163 Å². The first-order valence-electron chi connectivity index (χ1n) is 9.76. The minimum absolute atomic E-state index is 0.517. The molecule has 0 aromatic heterocycles. The third kappa shape index (κ3) is 18.3. The number of hydrogen-bond donors (Lipinski definition) is 2. The van der Waals surface area contributed by atoms with Crippen LogP contribution in [0.2, 0.25) is 0 Å². The van der Waals surface area contributed by atoms with Gasteiger partial charge in [0.1, 0.15) is 12.4 Å². The Balaban J connectivity index is -0.000000663. The zero-order valence-corrected chi connectivity index (χ0v) is 18.3. The van der Waals surface area contributed by atoms with Crippen molar-refractivity contribution in [1.82, 2.24) is 0 Å². The number of hydrogen-bond acceptors (Lipinski definition) is 3. The van der Waals surface area contributed by atoms with Crippen LogP contribution in [0.15, 0.2) is 60.7 Å². The lowest BCUT2D eigenvalue weighted by Crippen LogP contribution is -2.06. The molecule has 0 unspecified atom stereocenters. The molecule has 0 spiro atoms. The smallest absolute Gasteiger partial charge is 0.119 e. The van der Waals surface area contributed by atoms with Crippen molar-refractivity contribution in [2.45, 2.75) is 61.8 Å². The van der Waals surface area contributed by atoms with E-state index in [1.165, 1.54) is 6.42 Å². The van der Waals surface area contributed by atoms with E-state index in [1.54, 1.807) is 6.08 Å². The highest BCUT2D eigenvalue weighted by Crippen LogP contribution is 2.16. The summed E-state index contributed by atoms with van der Waals surface area (Å²) >= 11 is 0. The molecule has 0 fully saturated rings. The van der Waals surface area contributed by atoms with Gasteiger partial charge in [-0.25, -0.2) is 0 Å². The van der Waals surface area contributed by atoms with E-state index < -0.39 is 0 Å². The molecular weight excluding hydrogens is 320 g/mol. The van der Waals surface area contributed by atoms with Crippen LogP contribution >= 0.6 is 0 Å². The van der Waals surface area contributed by atoms with Gasteiger partial charge in [-0.1, -0.05) is 92.7 Å². The quantitative estimate of drug-likeness (QED) is 0.308. The van der Waals surface area contributed by atoms with E-state index in [-0.39, 0.29) is 0 Å². The first-order chi connectivity index (χ1) is 12.6. The van der Waals surface area contributed by atoms with Crippen molar-refractivity contribution in [2.24, 2.45) is 11.8 Å². The van der Waals surface area contributed by atoms with E-state index in [0.717, 1.165) is 17.0 Å². The number of anilines is 1. The molecule has 0 saturated heterocycles. The van der Waals surface area contributed by atoms with Crippen LogP contribution in [-0.4, -0.2) is 6.61 Å². The first-order valence-corrected chi connectivity index (χ1v) is 9.76. The van der Waals surface area contributed by atoms with Crippen LogP contribution in [0.4, 0.5) is 5.69 Å². The average Bonchev–Trinajstić information content (AvgIpc) is 2.68. The summed E-state index contributed by atoms with van der Waals surface area (Å²) in [6.07, 6.45) is 9.18. The van der Waals surface area contributed by atoms with Crippen molar-refractivity contribution in [1.29, 1.82) is 0 Å². The van der Waals surface area contributed by atoms with Crippen molar-refractivity contribution >= 4 is 5.69 Å². The van der Waals surface area contributed by atoms with Gasteiger partial charge in [-0.15, -0.1) is 0 Å². The lowest BCUT2D eigenvalue weighted by Gasteiger charge is -2.08. The fourth-order valence-corrected chi connectivity index (χ4v) is 1.43. The second-order valence-corrected chi connectivity index (χ2v) is 5.24. The molecule has 3 N–H and O–H groups in total. The van der Waals surface area contributed by atoms with Crippen molar-refractivity contribution in [3.8, 4) is 5.75 Å². The number of hydrazine groups is 1. The topological polar surface area (TPSA) is 47.3 Å². The van der Waals surface area contributed by atoms with Gasteiger partial charge in [-0.2, -0.15) is 0 Å². The zero-order chi connectivity index (χ0) is 20.8. The van der Waals surface area contributed by atoms with Gasteiger partial charge in [0, 0.05) is 5.69 Å². The summed E-state index contributed by atoms with van der Waals surface area (Å²) in [7, 11) is 0. The second-order valence-electron chi connectivity index (χ2n) is 5.24. The number of ether oxygens (including phenoxy) is 1. The fraction of sp³-hybridized carbons (Fsp3) is 0.478. The summed E-state index contributed by atoms with van der Waals surface area (Å²) in [4.78, 5) is 0. The standard InChI is InChI=1S/C16H22N2O.C3H8.2C2H6/c1-4-5-14(7-6-13(2)3)12-19-16-10-8-15(18-17)9-11-16;1-3-2;2*1-2/h4-11,13,18H,1,12,17H2,2-3H3;3H2,1-2H3;2*1-2H3/b7-6-,14-5+;;;. The average molecular weight is 363 g/mol. The highest BCUT2D eigenvalue weighted by atomic mass is 16.5. The maximum atomic E-state index is 5.72. The molecular formula is C23H42N2O. The molecule has 0 aliphatic heterocycles. The minimum atomic E-state index is 0.517.